The number of rotatable bonds is 46. The van der Waals surface area contributed by atoms with Crippen molar-refractivity contribution in [2.24, 2.45) is 0 Å². The third-order valence-electron chi connectivity index (χ3n) is 11.8. The van der Waals surface area contributed by atoms with E-state index in [1.165, 1.54) is 161 Å². The minimum Gasteiger partial charge on any atom is -0.462 e. The first kappa shape index (κ1) is 56.3. The standard InChI is InChI=1S/C52H99NO5/c1-4-7-10-13-16-19-22-24-26-29-31-34-37-40-43-48(58-52(57)45-42-39-36-33-28-21-18-15-12-9-6-3)46-51(56)53-49(47-54)50(55)44-41-38-35-32-30-27-25-23-20-17-14-11-8-5-2/h15,18,26,29,48-50,54-55H,4-14,16-17,19-25,27-28,30-47H2,1-3H3,(H,53,56)/b18-15-,29-26+. The van der Waals surface area contributed by atoms with Crippen molar-refractivity contribution in [2.75, 3.05) is 6.61 Å². The summed E-state index contributed by atoms with van der Waals surface area (Å²) in [4.78, 5) is 26.1. The number of aliphatic hydroxyl groups is 2. The van der Waals surface area contributed by atoms with Gasteiger partial charge >= 0.3 is 5.97 Å². The van der Waals surface area contributed by atoms with Gasteiger partial charge in [0.1, 0.15) is 6.10 Å². The molecule has 0 radical (unpaired) electrons. The predicted octanol–water partition coefficient (Wildman–Crippen LogP) is 15.1. The molecule has 0 aliphatic heterocycles. The van der Waals surface area contributed by atoms with E-state index in [0.29, 0.717) is 19.3 Å². The van der Waals surface area contributed by atoms with Crippen LogP contribution in [0.3, 0.4) is 0 Å². The Bertz CT molecular complexity index is 919. The lowest BCUT2D eigenvalue weighted by Gasteiger charge is -2.24. The Hall–Kier alpha value is -1.66. The van der Waals surface area contributed by atoms with Crippen LogP contribution in [0.2, 0.25) is 0 Å². The highest BCUT2D eigenvalue weighted by Gasteiger charge is 2.24. The first-order chi connectivity index (χ1) is 28.5. The third kappa shape index (κ3) is 41.1. The van der Waals surface area contributed by atoms with Crippen molar-refractivity contribution in [3.63, 3.8) is 0 Å². The van der Waals surface area contributed by atoms with Crippen molar-refractivity contribution in [1.29, 1.82) is 0 Å². The molecule has 1 amide bonds. The Kier molecular flexibility index (Phi) is 45.1. The fourth-order valence-electron chi connectivity index (χ4n) is 7.82. The fourth-order valence-corrected chi connectivity index (χ4v) is 7.82. The van der Waals surface area contributed by atoms with Crippen LogP contribution in [0.4, 0.5) is 0 Å². The van der Waals surface area contributed by atoms with Crippen LogP contribution in [0.1, 0.15) is 271 Å². The van der Waals surface area contributed by atoms with Gasteiger partial charge in [0.15, 0.2) is 0 Å². The van der Waals surface area contributed by atoms with Gasteiger partial charge in [-0.3, -0.25) is 9.59 Å². The molecule has 58 heavy (non-hydrogen) atoms. The Morgan fingerprint density at radius 2 is 0.845 bits per heavy atom. The molecule has 0 saturated carbocycles. The predicted molar refractivity (Wildman–Crippen MR) is 250 cm³/mol. The Labute approximate surface area is 361 Å². The summed E-state index contributed by atoms with van der Waals surface area (Å²) in [5, 5.41) is 23.8. The van der Waals surface area contributed by atoms with Gasteiger partial charge < -0.3 is 20.3 Å². The minimum atomic E-state index is -0.789. The lowest BCUT2D eigenvalue weighted by atomic mass is 10.0. The van der Waals surface area contributed by atoms with Gasteiger partial charge in [-0.05, 0) is 70.6 Å². The molecule has 0 spiro atoms. The quantitative estimate of drug-likeness (QED) is 0.0323. The van der Waals surface area contributed by atoms with E-state index in [2.05, 4.69) is 50.4 Å². The smallest absolute Gasteiger partial charge is 0.306 e. The Morgan fingerprint density at radius 1 is 0.483 bits per heavy atom. The summed E-state index contributed by atoms with van der Waals surface area (Å²) < 4.78 is 5.91. The molecule has 0 aromatic carbocycles. The summed E-state index contributed by atoms with van der Waals surface area (Å²) >= 11 is 0. The number of carbonyl (C=O) groups is 2. The number of hydrogen-bond acceptors (Lipinski definition) is 5. The lowest BCUT2D eigenvalue weighted by molar-refractivity contribution is -0.151. The summed E-state index contributed by atoms with van der Waals surface area (Å²) in [5.41, 5.74) is 0. The van der Waals surface area contributed by atoms with Crippen molar-refractivity contribution in [3.05, 3.63) is 24.3 Å². The van der Waals surface area contributed by atoms with Gasteiger partial charge in [0, 0.05) is 6.42 Å². The van der Waals surface area contributed by atoms with Gasteiger partial charge in [-0.15, -0.1) is 0 Å². The SMILES string of the molecule is CCCC/C=C\CCCCCCCC(=O)OC(CCCCC/C=C/CCCCCCCCC)CC(=O)NC(CO)C(O)CCCCCCCCCCCCCCCC. The second-order valence-electron chi connectivity index (χ2n) is 17.6. The van der Waals surface area contributed by atoms with Crippen molar-refractivity contribution in [2.45, 2.75) is 289 Å². The fraction of sp³-hybridized carbons (Fsp3) is 0.885. The topological polar surface area (TPSA) is 95.9 Å². The van der Waals surface area contributed by atoms with Crippen LogP contribution < -0.4 is 5.32 Å². The molecule has 6 nitrogen and oxygen atoms in total. The van der Waals surface area contributed by atoms with Crippen LogP contribution in [0.15, 0.2) is 24.3 Å². The molecule has 0 saturated heterocycles. The second-order valence-corrected chi connectivity index (χ2v) is 17.6. The first-order valence-corrected chi connectivity index (χ1v) is 25.6. The number of aliphatic hydroxyl groups excluding tert-OH is 2. The van der Waals surface area contributed by atoms with E-state index in [0.717, 1.165) is 64.2 Å². The maximum Gasteiger partial charge on any atom is 0.306 e. The highest BCUT2D eigenvalue weighted by Crippen LogP contribution is 2.18. The van der Waals surface area contributed by atoms with Crippen LogP contribution in [-0.2, 0) is 14.3 Å². The lowest BCUT2D eigenvalue weighted by Crippen LogP contribution is -2.46. The molecule has 6 heteroatoms. The molecule has 0 bridgehead atoms. The molecule has 0 fully saturated rings. The van der Waals surface area contributed by atoms with E-state index in [-0.39, 0.29) is 24.9 Å². The average molecular weight is 818 g/mol. The van der Waals surface area contributed by atoms with E-state index in [1.807, 2.05) is 0 Å². The summed E-state index contributed by atoms with van der Waals surface area (Å²) in [6, 6.07) is -0.703. The van der Waals surface area contributed by atoms with E-state index in [1.54, 1.807) is 0 Å². The molecular weight excluding hydrogens is 719 g/mol. The Morgan fingerprint density at radius 3 is 1.29 bits per heavy atom. The summed E-state index contributed by atoms with van der Waals surface area (Å²) in [7, 11) is 0. The van der Waals surface area contributed by atoms with Crippen molar-refractivity contribution < 1.29 is 24.5 Å². The first-order valence-electron chi connectivity index (χ1n) is 25.6. The number of allylic oxidation sites excluding steroid dienone is 4. The van der Waals surface area contributed by atoms with Crippen LogP contribution in [0, 0.1) is 0 Å². The highest BCUT2D eigenvalue weighted by molar-refractivity contribution is 5.77. The summed E-state index contributed by atoms with van der Waals surface area (Å²) in [6.45, 7) is 6.45. The molecular formula is C52H99NO5. The average Bonchev–Trinajstić information content (AvgIpc) is 3.22. The van der Waals surface area contributed by atoms with Crippen LogP contribution >= 0.6 is 0 Å². The van der Waals surface area contributed by atoms with Gasteiger partial charge in [-0.2, -0.15) is 0 Å². The number of hydrogen-bond donors (Lipinski definition) is 3. The zero-order valence-electron chi connectivity index (χ0n) is 38.9. The molecule has 3 unspecified atom stereocenters. The van der Waals surface area contributed by atoms with E-state index in [4.69, 9.17) is 4.74 Å². The molecule has 0 aliphatic carbocycles. The highest BCUT2D eigenvalue weighted by atomic mass is 16.5. The van der Waals surface area contributed by atoms with Gasteiger partial charge in [-0.1, -0.05) is 212 Å². The summed E-state index contributed by atoms with van der Waals surface area (Å²) in [6.07, 6.45) is 52.3. The van der Waals surface area contributed by atoms with E-state index >= 15 is 0 Å². The van der Waals surface area contributed by atoms with Crippen molar-refractivity contribution in [1.82, 2.24) is 5.32 Å². The number of esters is 1. The third-order valence-corrected chi connectivity index (χ3v) is 11.8. The van der Waals surface area contributed by atoms with Gasteiger partial charge in [-0.25, -0.2) is 0 Å². The van der Waals surface area contributed by atoms with Gasteiger partial charge in [0.25, 0.3) is 0 Å². The zero-order valence-corrected chi connectivity index (χ0v) is 38.9. The largest absolute Gasteiger partial charge is 0.462 e. The molecule has 0 aliphatic rings. The van der Waals surface area contributed by atoms with E-state index < -0.39 is 18.2 Å². The minimum absolute atomic E-state index is 0.0674. The monoisotopic (exact) mass is 818 g/mol. The van der Waals surface area contributed by atoms with Crippen LogP contribution in [0.5, 0.6) is 0 Å². The maximum absolute atomic E-state index is 13.2. The molecule has 0 heterocycles. The van der Waals surface area contributed by atoms with Crippen molar-refractivity contribution >= 4 is 11.9 Å². The van der Waals surface area contributed by atoms with E-state index in [9.17, 15) is 19.8 Å². The number of ether oxygens (including phenoxy) is 1. The molecule has 3 N–H and O–H groups in total. The molecule has 3 atom stereocenters. The zero-order chi connectivity index (χ0) is 42.4. The number of unbranched alkanes of at least 4 members (excludes halogenated alkanes) is 30. The van der Waals surface area contributed by atoms with Crippen LogP contribution in [0.25, 0.3) is 0 Å². The summed E-state index contributed by atoms with van der Waals surface area (Å²) in [5.74, 6) is -0.490. The van der Waals surface area contributed by atoms with Crippen molar-refractivity contribution in [3.8, 4) is 0 Å². The number of carbonyl (C=O) groups excluding carboxylic acids is 2. The molecule has 0 aromatic heterocycles. The molecule has 342 valence electrons. The second kappa shape index (κ2) is 46.4. The molecule has 0 aromatic rings. The van der Waals surface area contributed by atoms with Crippen LogP contribution in [-0.4, -0.2) is 46.9 Å². The normalized spacial score (nSPS) is 13.4. The molecule has 0 rings (SSSR count). The van der Waals surface area contributed by atoms with Gasteiger partial charge in [0.2, 0.25) is 5.91 Å². The number of nitrogens with one attached hydrogen (secondary N) is 1. The van der Waals surface area contributed by atoms with Gasteiger partial charge in [0.05, 0.1) is 25.2 Å². The number of amides is 1. The maximum atomic E-state index is 13.2. The Balaban J connectivity index is 4.56.